The van der Waals surface area contributed by atoms with E-state index in [1.165, 1.54) is 0 Å². The molecule has 1 aromatic rings. The maximum Gasteiger partial charge on any atom is 0.338 e. The zero-order valence-electron chi connectivity index (χ0n) is 10.8. The standard InChI is InChI=1S/C15H20O2/c1-4-12(5-2)14(15(16)17-6-3)13-10-8-7-9-11-13/h7-11H,4-6H2,1-3H3. The molecule has 0 heterocycles. The summed E-state index contributed by atoms with van der Waals surface area (Å²) in [5.41, 5.74) is 2.83. The molecule has 0 bridgehead atoms. The van der Waals surface area contributed by atoms with E-state index in [-0.39, 0.29) is 5.97 Å². The van der Waals surface area contributed by atoms with Gasteiger partial charge in [0.2, 0.25) is 0 Å². The van der Waals surface area contributed by atoms with Gasteiger partial charge in [-0.05, 0) is 25.3 Å². The smallest absolute Gasteiger partial charge is 0.338 e. The average Bonchev–Trinajstić information content (AvgIpc) is 2.37. The third-order valence-electron chi connectivity index (χ3n) is 2.75. The Kier molecular flexibility index (Phi) is 5.47. The van der Waals surface area contributed by atoms with Gasteiger partial charge in [-0.15, -0.1) is 0 Å². The van der Waals surface area contributed by atoms with Gasteiger partial charge >= 0.3 is 5.97 Å². The molecule has 0 spiro atoms. The highest BCUT2D eigenvalue weighted by Gasteiger charge is 2.16. The summed E-state index contributed by atoms with van der Waals surface area (Å²) >= 11 is 0. The molecule has 2 heteroatoms. The number of benzene rings is 1. The van der Waals surface area contributed by atoms with Crippen molar-refractivity contribution in [3.63, 3.8) is 0 Å². The Hall–Kier alpha value is -1.57. The molecular weight excluding hydrogens is 212 g/mol. The fourth-order valence-electron chi connectivity index (χ4n) is 1.88. The lowest BCUT2D eigenvalue weighted by molar-refractivity contribution is -0.136. The summed E-state index contributed by atoms with van der Waals surface area (Å²) in [5.74, 6) is -0.211. The van der Waals surface area contributed by atoms with Gasteiger partial charge in [0.25, 0.3) is 0 Å². The van der Waals surface area contributed by atoms with Gasteiger partial charge in [-0.2, -0.15) is 0 Å². The number of hydrogen-bond acceptors (Lipinski definition) is 2. The number of esters is 1. The summed E-state index contributed by atoms with van der Waals surface area (Å²) < 4.78 is 5.15. The first kappa shape index (κ1) is 13.5. The summed E-state index contributed by atoms with van der Waals surface area (Å²) in [6.07, 6.45) is 1.75. The van der Waals surface area contributed by atoms with Crippen LogP contribution in [0.3, 0.4) is 0 Å². The van der Waals surface area contributed by atoms with Crippen molar-refractivity contribution in [3.05, 3.63) is 41.5 Å². The summed E-state index contributed by atoms with van der Waals surface area (Å²) in [5, 5.41) is 0. The number of rotatable bonds is 5. The zero-order valence-corrected chi connectivity index (χ0v) is 10.8. The van der Waals surface area contributed by atoms with Crippen LogP contribution < -0.4 is 0 Å². The van der Waals surface area contributed by atoms with Gasteiger partial charge in [-0.1, -0.05) is 49.8 Å². The molecule has 0 saturated heterocycles. The van der Waals surface area contributed by atoms with Crippen LogP contribution >= 0.6 is 0 Å². The molecule has 0 unspecified atom stereocenters. The van der Waals surface area contributed by atoms with E-state index >= 15 is 0 Å². The Balaban J connectivity index is 3.20. The van der Waals surface area contributed by atoms with Gasteiger partial charge in [0.15, 0.2) is 0 Å². The predicted molar refractivity (Wildman–Crippen MR) is 70.6 cm³/mol. The minimum Gasteiger partial charge on any atom is -0.462 e. The van der Waals surface area contributed by atoms with E-state index in [4.69, 9.17) is 4.74 Å². The first-order valence-electron chi connectivity index (χ1n) is 6.19. The minimum atomic E-state index is -0.211. The summed E-state index contributed by atoms with van der Waals surface area (Å²) in [6.45, 7) is 6.38. The van der Waals surface area contributed by atoms with Crippen molar-refractivity contribution in [2.24, 2.45) is 0 Å². The minimum absolute atomic E-state index is 0.211. The van der Waals surface area contributed by atoms with Gasteiger partial charge < -0.3 is 4.74 Å². The molecule has 0 aromatic heterocycles. The topological polar surface area (TPSA) is 26.3 Å². The van der Waals surface area contributed by atoms with Crippen LogP contribution in [-0.2, 0) is 9.53 Å². The first-order chi connectivity index (χ1) is 8.24. The van der Waals surface area contributed by atoms with Gasteiger partial charge in [-0.25, -0.2) is 4.79 Å². The van der Waals surface area contributed by atoms with E-state index in [1.807, 2.05) is 37.3 Å². The van der Waals surface area contributed by atoms with Crippen LogP contribution in [0.1, 0.15) is 39.2 Å². The Morgan fingerprint density at radius 3 is 2.12 bits per heavy atom. The van der Waals surface area contributed by atoms with Gasteiger partial charge in [-0.3, -0.25) is 0 Å². The highest BCUT2D eigenvalue weighted by atomic mass is 16.5. The molecule has 0 aliphatic heterocycles. The maximum atomic E-state index is 12.0. The van der Waals surface area contributed by atoms with E-state index in [1.54, 1.807) is 0 Å². The van der Waals surface area contributed by atoms with Crippen LogP contribution in [0.5, 0.6) is 0 Å². The SMILES string of the molecule is CCOC(=O)C(=C(CC)CC)c1ccccc1. The maximum absolute atomic E-state index is 12.0. The molecule has 0 aliphatic carbocycles. The summed E-state index contributed by atoms with van der Waals surface area (Å²) in [4.78, 5) is 12.0. The molecule has 17 heavy (non-hydrogen) atoms. The van der Waals surface area contributed by atoms with Crippen molar-refractivity contribution >= 4 is 11.5 Å². The Morgan fingerprint density at radius 2 is 1.65 bits per heavy atom. The molecule has 1 rings (SSSR count). The zero-order chi connectivity index (χ0) is 12.7. The molecule has 1 aromatic carbocycles. The van der Waals surface area contributed by atoms with Crippen LogP contribution in [0.2, 0.25) is 0 Å². The molecule has 0 atom stereocenters. The lowest BCUT2D eigenvalue weighted by atomic mass is 9.96. The Morgan fingerprint density at radius 1 is 1.06 bits per heavy atom. The molecule has 92 valence electrons. The molecule has 0 radical (unpaired) electrons. The average molecular weight is 232 g/mol. The van der Waals surface area contributed by atoms with Crippen LogP contribution in [0.15, 0.2) is 35.9 Å². The first-order valence-corrected chi connectivity index (χ1v) is 6.19. The molecule has 2 nitrogen and oxygen atoms in total. The fourth-order valence-corrected chi connectivity index (χ4v) is 1.88. The van der Waals surface area contributed by atoms with E-state index in [2.05, 4.69) is 13.8 Å². The van der Waals surface area contributed by atoms with E-state index in [0.29, 0.717) is 6.61 Å². The third kappa shape index (κ3) is 3.45. The second kappa shape index (κ2) is 6.89. The van der Waals surface area contributed by atoms with Crippen molar-refractivity contribution in [1.82, 2.24) is 0 Å². The van der Waals surface area contributed by atoms with Crippen LogP contribution in [0.25, 0.3) is 5.57 Å². The van der Waals surface area contributed by atoms with E-state index in [0.717, 1.165) is 29.6 Å². The number of allylic oxidation sites excluding steroid dienone is 1. The third-order valence-corrected chi connectivity index (χ3v) is 2.75. The fraction of sp³-hybridized carbons (Fsp3) is 0.400. The number of ether oxygens (including phenoxy) is 1. The van der Waals surface area contributed by atoms with Crippen LogP contribution in [0.4, 0.5) is 0 Å². The Bertz CT molecular complexity index is 385. The second-order valence-electron chi connectivity index (χ2n) is 3.77. The van der Waals surface area contributed by atoms with Gasteiger partial charge in [0, 0.05) is 0 Å². The molecule has 0 fully saturated rings. The van der Waals surface area contributed by atoms with E-state index < -0.39 is 0 Å². The molecule has 0 aliphatic rings. The van der Waals surface area contributed by atoms with Gasteiger partial charge in [0.1, 0.15) is 0 Å². The Labute approximate surface area is 103 Å². The largest absolute Gasteiger partial charge is 0.462 e. The van der Waals surface area contributed by atoms with Crippen LogP contribution in [-0.4, -0.2) is 12.6 Å². The van der Waals surface area contributed by atoms with Gasteiger partial charge in [0.05, 0.1) is 12.2 Å². The van der Waals surface area contributed by atoms with Crippen molar-refractivity contribution in [2.75, 3.05) is 6.61 Å². The lowest BCUT2D eigenvalue weighted by Gasteiger charge is -2.12. The van der Waals surface area contributed by atoms with Crippen molar-refractivity contribution in [3.8, 4) is 0 Å². The van der Waals surface area contributed by atoms with Crippen molar-refractivity contribution in [1.29, 1.82) is 0 Å². The molecule has 0 saturated carbocycles. The summed E-state index contributed by atoms with van der Waals surface area (Å²) in [6, 6.07) is 9.74. The molecular formula is C15H20O2. The number of hydrogen-bond donors (Lipinski definition) is 0. The normalized spacial score (nSPS) is 9.82. The monoisotopic (exact) mass is 232 g/mol. The number of carbonyl (C=O) groups excluding carboxylic acids is 1. The van der Waals surface area contributed by atoms with E-state index in [9.17, 15) is 4.79 Å². The number of carbonyl (C=O) groups is 1. The molecule has 0 amide bonds. The predicted octanol–water partition coefficient (Wildman–Crippen LogP) is 3.82. The van der Waals surface area contributed by atoms with Crippen molar-refractivity contribution < 1.29 is 9.53 Å². The summed E-state index contributed by atoms with van der Waals surface area (Å²) in [7, 11) is 0. The highest BCUT2D eigenvalue weighted by molar-refractivity contribution is 6.17. The second-order valence-corrected chi connectivity index (χ2v) is 3.77. The van der Waals surface area contributed by atoms with Crippen molar-refractivity contribution in [2.45, 2.75) is 33.6 Å². The lowest BCUT2D eigenvalue weighted by Crippen LogP contribution is -2.09. The van der Waals surface area contributed by atoms with Crippen LogP contribution in [0, 0.1) is 0 Å². The highest BCUT2D eigenvalue weighted by Crippen LogP contribution is 2.24. The molecule has 0 N–H and O–H groups in total. The quantitative estimate of drug-likeness (QED) is 0.570.